The number of amides is 2. The number of carbonyl (C=O) groups is 2. The lowest BCUT2D eigenvalue weighted by Crippen LogP contribution is -2.33. The lowest BCUT2D eigenvalue weighted by molar-refractivity contribution is -0.384. The molecule has 0 spiro atoms. The number of carbonyl (C=O) groups excluding carboxylic acids is 2. The summed E-state index contributed by atoms with van der Waals surface area (Å²) in [6, 6.07) is 24.3. The number of benzene rings is 3. The smallest absolute Gasteiger partial charge is 0.270 e. The summed E-state index contributed by atoms with van der Waals surface area (Å²) in [5.74, 6) is -1.86. The van der Waals surface area contributed by atoms with Gasteiger partial charge in [0.05, 0.1) is 22.4 Å². The number of non-ortho nitro benzene ring substituents is 1. The van der Waals surface area contributed by atoms with Crippen molar-refractivity contribution < 1.29 is 14.5 Å². The molecule has 0 aromatic heterocycles. The molecule has 7 heteroatoms. The van der Waals surface area contributed by atoms with E-state index in [9.17, 15) is 19.7 Å². The highest BCUT2D eigenvalue weighted by molar-refractivity contribution is 9.10. The molecule has 2 fully saturated rings. The molecule has 2 bridgehead atoms. The first-order valence-electron chi connectivity index (χ1n) is 11.3. The molecule has 0 N–H and O–H groups in total. The average Bonchev–Trinajstić information content (AvgIpc) is 3.50. The van der Waals surface area contributed by atoms with Crippen LogP contribution in [0.25, 0.3) is 5.57 Å². The van der Waals surface area contributed by atoms with Crippen LogP contribution in [0.1, 0.15) is 11.1 Å². The van der Waals surface area contributed by atoms with Crippen molar-refractivity contribution in [2.24, 2.45) is 23.7 Å². The molecule has 3 aromatic carbocycles. The largest absolute Gasteiger partial charge is 0.274 e. The number of nitrogens with zero attached hydrogens (tertiary/aromatic N) is 2. The second-order valence-electron chi connectivity index (χ2n) is 8.96. The summed E-state index contributed by atoms with van der Waals surface area (Å²) in [5, 5.41) is 11.1. The fraction of sp³-hybridized carbons (Fsp3) is 0.143. The number of anilines is 1. The number of allylic oxidation sites excluding steroid dienone is 3. The Kier molecular flexibility index (Phi) is 5.04. The number of nitro benzene ring substituents is 1. The highest BCUT2D eigenvalue weighted by atomic mass is 79.9. The molecule has 3 aromatic rings. The van der Waals surface area contributed by atoms with Crippen LogP contribution in [0.2, 0.25) is 0 Å². The number of fused-ring (bicyclic) bond motifs is 5. The van der Waals surface area contributed by atoms with Crippen molar-refractivity contribution in [2.45, 2.75) is 0 Å². The molecule has 1 saturated carbocycles. The van der Waals surface area contributed by atoms with Gasteiger partial charge in [-0.25, -0.2) is 4.90 Å². The predicted octanol–water partition coefficient (Wildman–Crippen LogP) is 5.78. The molecular weight excluding hydrogens is 508 g/mol. The third kappa shape index (κ3) is 3.22. The fourth-order valence-corrected chi connectivity index (χ4v) is 6.38. The minimum Gasteiger partial charge on any atom is -0.274 e. The Morgan fingerprint density at radius 1 is 0.800 bits per heavy atom. The lowest BCUT2D eigenvalue weighted by Gasteiger charge is -2.22. The van der Waals surface area contributed by atoms with Crippen molar-refractivity contribution in [3.8, 4) is 0 Å². The number of rotatable bonds is 4. The molecule has 35 heavy (non-hydrogen) atoms. The molecule has 6 nitrogen and oxygen atoms in total. The molecule has 172 valence electrons. The van der Waals surface area contributed by atoms with E-state index >= 15 is 0 Å². The summed E-state index contributed by atoms with van der Waals surface area (Å²) >= 11 is 3.33. The van der Waals surface area contributed by atoms with Gasteiger partial charge in [-0.15, -0.1) is 0 Å². The van der Waals surface area contributed by atoms with E-state index in [0.717, 1.165) is 22.3 Å². The molecule has 1 heterocycles. The molecule has 0 radical (unpaired) electrons. The Hall–Kier alpha value is -3.84. The number of halogens is 1. The zero-order chi connectivity index (χ0) is 24.3. The lowest BCUT2D eigenvalue weighted by atomic mass is 9.85. The number of imide groups is 1. The highest BCUT2D eigenvalue weighted by Crippen LogP contribution is 2.59. The maximum absolute atomic E-state index is 13.7. The Morgan fingerprint density at radius 3 is 1.77 bits per heavy atom. The summed E-state index contributed by atoms with van der Waals surface area (Å²) in [4.78, 5) is 39.2. The van der Waals surface area contributed by atoms with Gasteiger partial charge in [0.1, 0.15) is 0 Å². The molecule has 6 rings (SSSR count). The second kappa shape index (κ2) is 8.13. The number of hydrogen-bond acceptors (Lipinski definition) is 4. The van der Waals surface area contributed by atoms with Gasteiger partial charge in [-0.3, -0.25) is 19.7 Å². The third-order valence-electron chi connectivity index (χ3n) is 7.21. The SMILES string of the molecule is O=C1[C@@H]2[C@H](C(=O)N1c1ccc([N+](=O)[O-])cc1Br)[C@H]1C=C[C@H]2C1=C(c1ccccc1)c1ccccc1. The van der Waals surface area contributed by atoms with Crippen molar-refractivity contribution in [1.82, 2.24) is 0 Å². The quantitative estimate of drug-likeness (QED) is 0.187. The van der Waals surface area contributed by atoms with E-state index in [2.05, 4.69) is 52.3 Å². The maximum atomic E-state index is 13.7. The highest BCUT2D eigenvalue weighted by Gasteiger charge is 2.62. The van der Waals surface area contributed by atoms with Gasteiger partial charge in [0, 0.05) is 28.4 Å². The molecule has 1 saturated heterocycles. The van der Waals surface area contributed by atoms with E-state index in [1.54, 1.807) is 0 Å². The topological polar surface area (TPSA) is 80.5 Å². The first-order valence-corrected chi connectivity index (χ1v) is 12.1. The molecule has 0 unspecified atom stereocenters. The first kappa shape index (κ1) is 21.7. The van der Waals surface area contributed by atoms with Gasteiger partial charge in [-0.1, -0.05) is 72.8 Å². The van der Waals surface area contributed by atoms with Crippen molar-refractivity contribution in [3.05, 3.63) is 122 Å². The van der Waals surface area contributed by atoms with Crippen LogP contribution < -0.4 is 4.90 Å². The predicted molar refractivity (Wildman–Crippen MR) is 135 cm³/mol. The second-order valence-corrected chi connectivity index (χ2v) is 9.81. The summed E-state index contributed by atoms with van der Waals surface area (Å²) in [5.41, 5.74) is 4.54. The Morgan fingerprint density at radius 2 is 1.31 bits per heavy atom. The van der Waals surface area contributed by atoms with Crippen LogP contribution in [0, 0.1) is 33.8 Å². The minimum atomic E-state index is -0.507. The van der Waals surface area contributed by atoms with Crippen molar-refractivity contribution in [1.29, 1.82) is 0 Å². The van der Waals surface area contributed by atoms with Gasteiger partial charge in [0.2, 0.25) is 11.8 Å². The summed E-state index contributed by atoms with van der Waals surface area (Å²) in [6.07, 6.45) is 4.12. The zero-order valence-electron chi connectivity index (χ0n) is 18.4. The van der Waals surface area contributed by atoms with Gasteiger partial charge in [-0.2, -0.15) is 0 Å². The van der Waals surface area contributed by atoms with Crippen molar-refractivity contribution in [2.75, 3.05) is 4.90 Å². The van der Waals surface area contributed by atoms with Crippen LogP contribution in [-0.4, -0.2) is 16.7 Å². The van der Waals surface area contributed by atoms with Crippen molar-refractivity contribution in [3.63, 3.8) is 0 Å². The van der Waals surface area contributed by atoms with Crippen molar-refractivity contribution >= 4 is 44.7 Å². The van der Waals surface area contributed by atoms with Crippen LogP contribution in [0.5, 0.6) is 0 Å². The summed E-state index contributed by atoms with van der Waals surface area (Å²) in [7, 11) is 0. The van der Waals surface area contributed by atoms with Crippen LogP contribution in [0.4, 0.5) is 11.4 Å². The van der Waals surface area contributed by atoms with E-state index < -0.39 is 16.8 Å². The Balaban J connectivity index is 1.46. The van der Waals surface area contributed by atoms with Gasteiger partial charge in [0.15, 0.2) is 0 Å². The van der Waals surface area contributed by atoms with Crippen LogP contribution in [0.3, 0.4) is 0 Å². The number of nitro groups is 1. The molecule has 1 aliphatic heterocycles. The minimum absolute atomic E-state index is 0.109. The Labute approximate surface area is 209 Å². The van der Waals surface area contributed by atoms with Gasteiger partial charge in [-0.05, 0) is 44.3 Å². The number of hydrogen-bond donors (Lipinski definition) is 0. The first-order chi connectivity index (χ1) is 17.0. The van der Waals surface area contributed by atoms with E-state index in [1.807, 2.05) is 36.4 Å². The molecule has 4 atom stereocenters. The molecule has 3 aliphatic rings. The third-order valence-corrected chi connectivity index (χ3v) is 7.85. The van der Waals surface area contributed by atoms with Crippen LogP contribution in [-0.2, 0) is 9.59 Å². The van der Waals surface area contributed by atoms with E-state index in [0.29, 0.717) is 10.2 Å². The maximum Gasteiger partial charge on any atom is 0.270 e. The normalized spacial score (nSPS) is 24.3. The average molecular weight is 527 g/mol. The summed E-state index contributed by atoms with van der Waals surface area (Å²) < 4.78 is 0.346. The molecule has 2 amide bonds. The Bertz CT molecular complexity index is 1370. The van der Waals surface area contributed by atoms with Crippen LogP contribution in [0.15, 0.2) is 101 Å². The van der Waals surface area contributed by atoms with E-state index in [1.165, 1.54) is 23.1 Å². The van der Waals surface area contributed by atoms with E-state index in [-0.39, 0.29) is 29.3 Å². The standard InChI is InChI=1S/C28H19BrN2O4/c29-21-15-18(31(34)35)11-14-22(21)30-27(32)25-19-12-13-20(26(25)28(30)33)24(19)23(16-7-3-1-4-8-16)17-9-5-2-6-10-17/h1-15,19-20,25-26H/t19-,20-,25-,26+/m0/s1. The zero-order valence-corrected chi connectivity index (χ0v) is 20.0. The van der Waals surface area contributed by atoms with Gasteiger partial charge in [0.25, 0.3) is 5.69 Å². The fourth-order valence-electron chi connectivity index (χ4n) is 5.83. The summed E-state index contributed by atoms with van der Waals surface area (Å²) in [6.45, 7) is 0. The van der Waals surface area contributed by atoms with Gasteiger partial charge >= 0.3 is 0 Å². The van der Waals surface area contributed by atoms with Gasteiger partial charge < -0.3 is 0 Å². The van der Waals surface area contributed by atoms with Crippen LogP contribution >= 0.6 is 15.9 Å². The monoisotopic (exact) mass is 526 g/mol. The van der Waals surface area contributed by atoms with E-state index in [4.69, 9.17) is 0 Å². The molecule has 2 aliphatic carbocycles. The molecular formula is C28H19BrN2O4.